The van der Waals surface area contributed by atoms with Crippen LogP contribution in [0.5, 0.6) is 11.6 Å². The number of ether oxygens (including phenoxy) is 1. The first-order chi connectivity index (χ1) is 16.3. The largest absolute Gasteiger partial charge is 0.439 e. The summed E-state index contributed by atoms with van der Waals surface area (Å²) < 4.78 is 5.85. The summed E-state index contributed by atoms with van der Waals surface area (Å²) in [6.07, 6.45) is 3.23. The van der Waals surface area contributed by atoms with Gasteiger partial charge >= 0.3 is 0 Å². The lowest BCUT2D eigenvalue weighted by atomic mass is 9.95. The standard InChI is InChI=1S/C26H29N5O2/c32-26(31-17-15-29(16-18-31)22-7-3-1-4-8-22)21-11-13-30(14-12-21)24-19-25(28-20-27-24)33-23-9-5-2-6-10-23/h1-10,19-21H,11-18H2. The van der Waals surface area contributed by atoms with Gasteiger partial charge in [0.1, 0.15) is 17.9 Å². The first-order valence-electron chi connectivity index (χ1n) is 11.6. The zero-order valence-electron chi connectivity index (χ0n) is 18.7. The number of benzene rings is 2. The van der Waals surface area contributed by atoms with E-state index in [0.29, 0.717) is 11.8 Å². The lowest BCUT2D eigenvalue weighted by Crippen LogP contribution is -2.51. The summed E-state index contributed by atoms with van der Waals surface area (Å²) in [7, 11) is 0. The van der Waals surface area contributed by atoms with Crippen LogP contribution in [0.15, 0.2) is 73.1 Å². The van der Waals surface area contributed by atoms with Crippen molar-refractivity contribution in [3.05, 3.63) is 73.1 Å². The third-order valence-electron chi connectivity index (χ3n) is 6.47. The topological polar surface area (TPSA) is 61.8 Å². The van der Waals surface area contributed by atoms with E-state index < -0.39 is 0 Å². The Kier molecular flexibility index (Phi) is 6.37. The van der Waals surface area contributed by atoms with Crippen LogP contribution in [0.1, 0.15) is 12.8 Å². The van der Waals surface area contributed by atoms with Crippen molar-refractivity contribution in [2.45, 2.75) is 12.8 Å². The molecule has 33 heavy (non-hydrogen) atoms. The minimum absolute atomic E-state index is 0.0893. The Morgan fingerprint density at radius 2 is 1.45 bits per heavy atom. The van der Waals surface area contributed by atoms with E-state index >= 15 is 0 Å². The SMILES string of the molecule is O=C(C1CCN(c2cc(Oc3ccccc3)ncn2)CC1)N1CCN(c2ccccc2)CC1. The van der Waals surface area contributed by atoms with Gasteiger partial charge in [-0.2, -0.15) is 0 Å². The molecule has 2 aliphatic rings. The summed E-state index contributed by atoms with van der Waals surface area (Å²) in [4.78, 5) is 28.4. The number of anilines is 2. The van der Waals surface area contributed by atoms with E-state index in [1.165, 1.54) is 12.0 Å². The quantitative estimate of drug-likeness (QED) is 0.597. The number of carbonyl (C=O) groups excluding carboxylic acids is 1. The van der Waals surface area contributed by atoms with Crippen molar-refractivity contribution >= 4 is 17.4 Å². The number of aromatic nitrogens is 2. The molecule has 2 fully saturated rings. The summed E-state index contributed by atoms with van der Waals surface area (Å²) in [6.45, 7) is 4.98. The molecular weight excluding hydrogens is 414 g/mol. The highest BCUT2D eigenvalue weighted by atomic mass is 16.5. The molecule has 3 heterocycles. The molecule has 0 radical (unpaired) electrons. The molecule has 0 spiro atoms. The minimum Gasteiger partial charge on any atom is -0.439 e. The molecule has 3 aromatic rings. The first-order valence-corrected chi connectivity index (χ1v) is 11.6. The van der Waals surface area contributed by atoms with E-state index in [0.717, 1.165) is 63.7 Å². The molecule has 0 N–H and O–H groups in total. The number of piperidine rings is 1. The van der Waals surface area contributed by atoms with Gasteiger partial charge in [0, 0.05) is 56.9 Å². The Hall–Kier alpha value is -3.61. The lowest BCUT2D eigenvalue weighted by Gasteiger charge is -2.39. The molecule has 170 valence electrons. The molecule has 0 saturated carbocycles. The average Bonchev–Trinajstić information content (AvgIpc) is 2.90. The Morgan fingerprint density at radius 1 is 0.788 bits per heavy atom. The number of amides is 1. The van der Waals surface area contributed by atoms with E-state index in [9.17, 15) is 4.79 Å². The predicted molar refractivity (Wildman–Crippen MR) is 129 cm³/mol. The zero-order valence-corrected chi connectivity index (χ0v) is 18.7. The van der Waals surface area contributed by atoms with Gasteiger partial charge in [0.15, 0.2) is 0 Å². The van der Waals surface area contributed by atoms with E-state index in [1.807, 2.05) is 42.5 Å². The van der Waals surface area contributed by atoms with Crippen LogP contribution in [0, 0.1) is 5.92 Å². The van der Waals surface area contributed by atoms with Crippen molar-refractivity contribution in [3.63, 3.8) is 0 Å². The van der Waals surface area contributed by atoms with E-state index in [-0.39, 0.29) is 5.92 Å². The van der Waals surface area contributed by atoms with Crippen LogP contribution >= 0.6 is 0 Å². The van der Waals surface area contributed by atoms with Gasteiger partial charge in [0.2, 0.25) is 11.8 Å². The van der Waals surface area contributed by atoms with Crippen LogP contribution in [0.25, 0.3) is 0 Å². The molecule has 2 aliphatic heterocycles. The molecule has 7 heteroatoms. The monoisotopic (exact) mass is 443 g/mol. The zero-order chi connectivity index (χ0) is 22.5. The number of para-hydroxylation sites is 2. The van der Waals surface area contributed by atoms with Gasteiger partial charge in [-0.1, -0.05) is 36.4 Å². The third kappa shape index (κ3) is 5.08. The Balaban J connectivity index is 1.13. The maximum atomic E-state index is 13.1. The Labute approximate surface area is 194 Å². The number of nitrogens with zero attached hydrogens (tertiary/aromatic N) is 5. The van der Waals surface area contributed by atoms with Gasteiger partial charge in [0.05, 0.1) is 0 Å². The normalized spacial score (nSPS) is 17.2. The number of hydrogen-bond donors (Lipinski definition) is 0. The molecular formula is C26H29N5O2. The van der Waals surface area contributed by atoms with Crippen LogP contribution in [0.2, 0.25) is 0 Å². The molecule has 0 unspecified atom stereocenters. The molecule has 0 aliphatic carbocycles. The second kappa shape index (κ2) is 9.90. The van der Waals surface area contributed by atoms with Crippen molar-refractivity contribution in [2.75, 3.05) is 49.1 Å². The van der Waals surface area contributed by atoms with Crippen molar-refractivity contribution in [2.24, 2.45) is 5.92 Å². The van der Waals surface area contributed by atoms with E-state index in [1.54, 1.807) is 0 Å². The van der Waals surface area contributed by atoms with Crippen molar-refractivity contribution in [1.82, 2.24) is 14.9 Å². The van der Waals surface area contributed by atoms with E-state index in [4.69, 9.17) is 4.74 Å². The maximum Gasteiger partial charge on any atom is 0.225 e. The third-order valence-corrected chi connectivity index (χ3v) is 6.47. The number of rotatable bonds is 5. The second-order valence-electron chi connectivity index (χ2n) is 8.54. The van der Waals surface area contributed by atoms with E-state index in [2.05, 4.69) is 48.9 Å². The summed E-state index contributed by atoms with van der Waals surface area (Å²) in [5.74, 6) is 2.52. The van der Waals surface area contributed by atoms with Crippen LogP contribution in [-0.2, 0) is 4.79 Å². The highest BCUT2D eigenvalue weighted by Crippen LogP contribution is 2.27. The lowest BCUT2D eigenvalue weighted by molar-refractivity contribution is -0.136. The summed E-state index contributed by atoms with van der Waals surface area (Å²) >= 11 is 0. The number of hydrogen-bond acceptors (Lipinski definition) is 6. The number of piperazine rings is 1. The fourth-order valence-electron chi connectivity index (χ4n) is 4.61. The average molecular weight is 444 g/mol. The van der Waals surface area contributed by atoms with Gasteiger partial charge in [-0.05, 0) is 37.1 Å². The number of carbonyl (C=O) groups is 1. The Morgan fingerprint density at radius 3 is 2.15 bits per heavy atom. The van der Waals surface area contributed by atoms with Gasteiger partial charge in [-0.3, -0.25) is 4.79 Å². The smallest absolute Gasteiger partial charge is 0.225 e. The minimum atomic E-state index is 0.0893. The van der Waals surface area contributed by atoms with Gasteiger partial charge in [0.25, 0.3) is 0 Å². The molecule has 1 aromatic heterocycles. The first kappa shape index (κ1) is 21.2. The summed E-state index contributed by atoms with van der Waals surface area (Å²) in [5.41, 5.74) is 1.23. The Bertz CT molecular complexity index is 1050. The molecule has 0 bridgehead atoms. The highest BCUT2D eigenvalue weighted by Gasteiger charge is 2.31. The van der Waals surface area contributed by atoms with Gasteiger partial charge in [-0.15, -0.1) is 0 Å². The van der Waals surface area contributed by atoms with Crippen LogP contribution in [0.4, 0.5) is 11.5 Å². The van der Waals surface area contributed by atoms with Crippen LogP contribution in [-0.4, -0.2) is 60.0 Å². The van der Waals surface area contributed by atoms with Crippen molar-refractivity contribution in [1.29, 1.82) is 0 Å². The van der Waals surface area contributed by atoms with Gasteiger partial charge in [-0.25, -0.2) is 9.97 Å². The molecule has 7 nitrogen and oxygen atoms in total. The second-order valence-corrected chi connectivity index (χ2v) is 8.54. The fourth-order valence-corrected chi connectivity index (χ4v) is 4.61. The van der Waals surface area contributed by atoms with Crippen molar-refractivity contribution in [3.8, 4) is 11.6 Å². The highest BCUT2D eigenvalue weighted by molar-refractivity contribution is 5.79. The fraction of sp³-hybridized carbons (Fsp3) is 0.346. The molecule has 2 aromatic carbocycles. The van der Waals surface area contributed by atoms with Crippen LogP contribution < -0.4 is 14.5 Å². The molecule has 0 atom stereocenters. The molecule has 5 rings (SSSR count). The molecule has 1 amide bonds. The summed E-state index contributed by atoms with van der Waals surface area (Å²) in [6, 6.07) is 21.9. The maximum absolute atomic E-state index is 13.1. The summed E-state index contributed by atoms with van der Waals surface area (Å²) in [5, 5.41) is 0. The van der Waals surface area contributed by atoms with Crippen molar-refractivity contribution < 1.29 is 9.53 Å². The van der Waals surface area contributed by atoms with Gasteiger partial charge < -0.3 is 19.4 Å². The molecule has 2 saturated heterocycles. The van der Waals surface area contributed by atoms with Crippen LogP contribution in [0.3, 0.4) is 0 Å². The predicted octanol–water partition coefficient (Wildman–Crippen LogP) is 3.83.